The van der Waals surface area contributed by atoms with Gasteiger partial charge in [0, 0.05) is 0 Å². The van der Waals surface area contributed by atoms with Crippen LogP contribution in [0.3, 0.4) is 0 Å². The van der Waals surface area contributed by atoms with Gasteiger partial charge < -0.3 is 4.42 Å². The summed E-state index contributed by atoms with van der Waals surface area (Å²) in [5.41, 5.74) is 6.15. The van der Waals surface area contributed by atoms with E-state index >= 15 is 0 Å². The molecule has 0 bridgehead atoms. The lowest BCUT2D eigenvalue weighted by atomic mass is 10.3. The fourth-order valence-electron chi connectivity index (χ4n) is 1.02. The molecule has 0 saturated heterocycles. The van der Waals surface area contributed by atoms with Crippen molar-refractivity contribution < 1.29 is 9.21 Å². The molecule has 1 aromatic carbocycles. The average Bonchev–Trinajstić information content (AvgIpc) is 2.57. The Morgan fingerprint density at radius 3 is 3.00 bits per heavy atom. The van der Waals surface area contributed by atoms with Gasteiger partial charge in [0.25, 0.3) is 0 Å². The van der Waals surface area contributed by atoms with E-state index in [1.54, 1.807) is 6.07 Å². The van der Waals surface area contributed by atoms with Gasteiger partial charge in [0.15, 0.2) is 5.58 Å². The number of para-hydroxylation sites is 2. The lowest BCUT2D eigenvalue weighted by molar-refractivity contribution is -0.109. The van der Waals surface area contributed by atoms with E-state index in [0.717, 1.165) is 5.52 Å². The Bertz CT molecular complexity index is 391. The monoisotopic (exact) mass is 177 g/mol. The van der Waals surface area contributed by atoms with Crippen molar-refractivity contribution in [2.75, 3.05) is 5.43 Å². The van der Waals surface area contributed by atoms with Crippen LogP contribution >= 0.6 is 0 Å². The van der Waals surface area contributed by atoms with Crippen molar-refractivity contribution in [1.29, 1.82) is 0 Å². The molecule has 0 unspecified atom stereocenters. The molecule has 2 N–H and O–H groups in total. The minimum atomic E-state index is 0.272. The van der Waals surface area contributed by atoms with Crippen LogP contribution in [-0.2, 0) is 4.79 Å². The molecule has 2 aromatic rings. The molecule has 5 nitrogen and oxygen atoms in total. The lowest BCUT2D eigenvalue weighted by Gasteiger charge is -1.93. The molecule has 13 heavy (non-hydrogen) atoms. The number of fused-ring (bicyclic) bond motifs is 1. The Hall–Kier alpha value is -2.04. The van der Waals surface area contributed by atoms with Gasteiger partial charge in [-0.05, 0) is 12.1 Å². The van der Waals surface area contributed by atoms with Crippen molar-refractivity contribution in [1.82, 2.24) is 10.4 Å². The standard InChI is InChI=1S/C8H7N3O2/c12-5-9-11-8-10-6-3-1-2-4-7(6)13-8/h1-5H,(H,9,12)(H,10,11). The third kappa shape index (κ3) is 1.44. The van der Waals surface area contributed by atoms with E-state index in [1.165, 1.54) is 0 Å². The minimum absolute atomic E-state index is 0.272. The predicted molar refractivity (Wildman–Crippen MR) is 46.8 cm³/mol. The van der Waals surface area contributed by atoms with E-state index in [0.29, 0.717) is 12.0 Å². The Labute approximate surface area is 73.7 Å². The highest BCUT2D eigenvalue weighted by Gasteiger charge is 2.02. The van der Waals surface area contributed by atoms with E-state index in [9.17, 15) is 4.79 Å². The number of amides is 1. The Morgan fingerprint density at radius 1 is 1.38 bits per heavy atom. The molecular formula is C8H7N3O2. The van der Waals surface area contributed by atoms with Crippen molar-refractivity contribution in [3.63, 3.8) is 0 Å². The fourth-order valence-corrected chi connectivity index (χ4v) is 1.02. The van der Waals surface area contributed by atoms with Crippen molar-refractivity contribution in [3.8, 4) is 0 Å². The van der Waals surface area contributed by atoms with Crippen LogP contribution in [0, 0.1) is 0 Å². The van der Waals surface area contributed by atoms with E-state index in [4.69, 9.17) is 4.42 Å². The van der Waals surface area contributed by atoms with Gasteiger partial charge in [0.2, 0.25) is 6.41 Å². The molecule has 0 aliphatic heterocycles. The summed E-state index contributed by atoms with van der Waals surface area (Å²) in [4.78, 5) is 14.0. The van der Waals surface area contributed by atoms with Crippen LogP contribution in [0.5, 0.6) is 0 Å². The highest BCUT2D eigenvalue weighted by Crippen LogP contribution is 2.16. The number of benzene rings is 1. The zero-order chi connectivity index (χ0) is 9.10. The molecule has 0 saturated carbocycles. The fraction of sp³-hybridized carbons (Fsp3) is 0. The topological polar surface area (TPSA) is 67.2 Å². The first-order valence-electron chi connectivity index (χ1n) is 3.71. The number of nitrogens with zero attached hydrogens (tertiary/aromatic N) is 1. The van der Waals surface area contributed by atoms with Gasteiger partial charge in [-0.3, -0.25) is 15.6 Å². The van der Waals surface area contributed by atoms with Crippen LogP contribution in [-0.4, -0.2) is 11.4 Å². The number of nitrogens with one attached hydrogen (secondary N) is 2. The summed E-state index contributed by atoms with van der Waals surface area (Å²) in [6.45, 7) is 0. The quantitative estimate of drug-likeness (QED) is 0.540. The van der Waals surface area contributed by atoms with Gasteiger partial charge in [0.05, 0.1) is 0 Å². The van der Waals surface area contributed by atoms with E-state index in [2.05, 4.69) is 15.8 Å². The first kappa shape index (κ1) is 7.60. The summed E-state index contributed by atoms with van der Waals surface area (Å²) in [7, 11) is 0. The number of anilines is 1. The Morgan fingerprint density at radius 2 is 2.23 bits per heavy atom. The molecule has 0 radical (unpaired) electrons. The second kappa shape index (κ2) is 3.14. The third-order valence-electron chi connectivity index (χ3n) is 1.53. The zero-order valence-corrected chi connectivity index (χ0v) is 6.65. The third-order valence-corrected chi connectivity index (χ3v) is 1.53. The molecule has 0 aliphatic rings. The van der Waals surface area contributed by atoms with Crippen LogP contribution in [0.1, 0.15) is 0 Å². The van der Waals surface area contributed by atoms with Gasteiger partial charge in [-0.25, -0.2) is 0 Å². The van der Waals surface area contributed by atoms with Crippen molar-refractivity contribution in [2.24, 2.45) is 0 Å². The summed E-state index contributed by atoms with van der Waals surface area (Å²) < 4.78 is 5.23. The minimum Gasteiger partial charge on any atom is -0.422 e. The normalized spacial score (nSPS) is 9.85. The van der Waals surface area contributed by atoms with E-state index in [1.807, 2.05) is 18.2 Å². The Balaban J connectivity index is 2.32. The molecule has 0 spiro atoms. The molecule has 1 aromatic heterocycles. The molecule has 1 amide bonds. The second-order valence-corrected chi connectivity index (χ2v) is 2.37. The first-order chi connectivity index (χ1) is 6.40. The highest BCUT2D eigenvalue weighted by atomic mass is 16.4. The number of rotatable bonds is 3. The van der Waals surface area contributed by atoms with Crippen LogP contribution in [0.15, 0.2) is 28.7 Å². The molecule has 0 aliphatic carbocycles. The largest absolute Gasteiger partial charge is 0.422 e. The van der Waals surface area contributed by atoms with E-state index in [-0.39, 0.29) is 6.01 Å². The maximum absolute atomic E-state index is 9.95. The number of hydrogen-bond donors (Lipinski definition) is 2. The van der Waals surface area contributed by atoms with Gasteiger partial charge in [-0.15, -0.1) is 0 Å². The van der Waals surface area contributed by atoms with Gasteiger partial charge in [-0.1, -0.05) is 12.1 Å². The molecule has 0 fully saturated rings. The summed E-state index contributed by atoms with van der Waals surface area (Å²) in [5.74, 6) is 0. The van der Waals surface area contributed by atoms with Crippen LogP contribution in [0.2, 0.25) is 0 Å². The van der Waals surface area contributed by atoms with Gasteiger partial charge in [-0.2, -0.15) is 4.98 Å². The molecule has 0 atom stereocenters. The molecule has 2 rings (SSSR count). The SMILES string of the molecule is O=CNNc1nc2ccccc2o1. The molecule has 5 heteroatoms. The number of hydrazine groups is 1. The van der Waals surface area contributed by atoms with Crippen LogP contribution in [0.4, 0.5) is 6.01 Å². The second-order valence-electron chi connectivity index (χ2n) is 2.37. The van der Waals surface area contributed by atoms with Crippen molar-refractivity contribution in [3.05, 3.63) is 24.3 Å². The lowest BCUT2D eigenvalue weighted by Crippen LogP contribution is -2.18. The number of aromatic nitrogens is 1. The van der Waals surface area contributed by atoms with Gasteiger partial charge in [0.1, 0.15) is 5.52 Å². The van der Waals surface area contributed by atoms with Crippen LogP contribution in [0.25, 0.3) is 11.1 Å². The smallest absolute Gasteiger partial charge is 0.315 e. The number of oxazole rings is 1. The number of hydrogen-bond acceptors (Lipinski definition) is 4. The predicted octanol–water partition coefficient (Wildman–Crippen LogP) is 0.901. The summed E-state index contributed by atoms with van der Waals surface area (Å²) in [5, 5.41) is 0. The van der Waals surface area contributed by atoms with Crippen LogP contribution < -0.4 is 10.9 Å². The first-order valence-corrected chi connectivity index (χ1v) is 3.71. The maximum atomic E-state index is 9.95. The molecule has 66 valence electrons. The molecular weight excluding hydrogens is 170 g/mol. The maximum Gasteiger partial charge on any atom is 0.315 e. The number of carbonyl (C=O) groups is 1. The van der Waals surface area contributed by atoms with E-state index < -0.39 is 0 Å². The van der Waals surface area contributed by atoms with Gasteiger partial charge >= 0.3 is 6.01 Å². The summed E-state index contributed by atoms with van der Waals surface area (Å²) in [6.07, 6.45) is 0.509. The highest BCUT2D eigenvalue weighted by molar-refractivity contribution is 5.74. The Kier molecular flexibility index (Phi) is 1.84. The number of carbonyl (C=O) groups excluding carboxylic acids is 1. The summed E-state index contributed by atoms with van der Waals surface area (Å²) >= 11 is 0. The molecule has 1 heterocycles. The van der Waals surface area contributed by atoms with Crippen molar-refractivity contribution >= 4 is 23.5 Å². The zero-order valence-electron chi connectivity index (χ0n) is 6.65. The summed E-state index contributed by atoms with van der Waals surface area (Å²) in [6, 6.07) is 7.61. The average molecular weight is 177 g/mol. The van der Waals surface area contributed by atoms with Crippen molar-refractivity contribution in [2.45, 2.75) is 0 Å².